The van der Waals surface area contributed by atoms with Crippen molar-refractivity contribution in [3.63, 3.8) is 0 Å². The Morgan fingerprint density at radius 2 is 1.87 bits per heavy atom. The summed E-state index contributed by atoms with van der Waals surface area (Å²) in [6.07, 6.45) is 2.99. The van der Waals surface area contributed by atoms with E-state index in [4.69, 9.17) is 0 Å². The van der Waals surface area contributed by atoms with E-state index in [2.05, 4.69) is 54.5 Å². The molecule has 2 aromatic heterocycles. The van der Waals surface area contributed by atoms with Gasteiger partial charge in [0.1, 0.15) is 0 Å². The van der Waals surface area contributed by atoms with Gasteiger partial charge in [-0.25, -0.2) is 4.68 Å². The van der Waals surface area contributed by atoms with Gasteiger partial charge in [0.25, 0.3) is 0 Å². The second-order valence-electron chi connectivity index (χ2n) is 6.20. The first kappa shape index (κ1) is 15.5. The maximum absolute atomic E-state index is 4.49. The van der Waals surface area contributed by atoms with Crippen LogP contribution in [0.5, 0.6) is 0 Å². The summed E-state index contributed by atoms with van der Waals surface area (Å²) in [6.45, 7) is 7.14. The highest BCUT2D eigenvalue weighted by atomic mass is 15.4. The summed E-state index contributed by atoms with van der Waals surface area (Å²) in [5.41, 5.74) is 5.91. The second-order valence-corrected chi connectivity index (χ2v) is 6.20. The third-order valence-corrected chi connectivity index (χ3v) is 4.42. The molecule has 0 aliphatic rings. The minimum atomic E-state index is 0.320. The number of nitrogens with zero attached hydrogens (tertiary/aromatic N) is 5. The normalized spacial score (nSPS) is 12.5. The monoisotopic (exact) mass is 309 g/mol. The zero-order valence-electron chi connectivity index (χ0n) is 14.2. The third kappa shape index (κ3) is 3.33. The molecule has 0 saturated carbocycles. The summed E-state index contributed by atoms with van der Waals surface area (Å²) in [5.74, 6) is 0.320. The van der Waals surface area contributed by atoms with E-state index in [-0.39, 0.29) is 0 Å². The molecule has 0 N–H and O–H groups in total. The Labute approximate surface area is 137 Å². The first-order chi connectivity index (χ1) is 11.0. The predicted octanol–water partition coefficient (Wildman–Crippen LogP) is 3.02. The molecule has 120 valence electrons. The average Bonchev–Trinajstić information content (AvgIpc) is 3.09. The topological polar surface area (TPSA) is 48.5 Å². The lowest BCUT2D eigenvalue weighted by atomic mass is 9.97. The highest BCUT2D eigenvalue weighted by Crippen LogP contribution is 2.22. The van der Waals surface area contributed by atoms with E-state index < -0.39 is 0 Å². The molecule has 2 heterocycles. The number of hydrogen-bond acceptors (Lipinski definition) is 3. The van der Waals surface area contributed by atoms with Crippen LogP contribution >= 0.6 is 0 Å². The Bertz CT molecular complexity index is 785. The van der Waals surface area contributed by atoms with Crippen molar-refractivity contribution in [3.05, 3.63) is 64.7 Å². The van der Waals surface area contributed by atoms with Gasteiger partial charge in [0, 0.05) is 24.9 Å². The van der Waals surface area contributed by atoms with Crippen molar-refractivity contribution in [2.45, 2.75) is 39.7 Å². The van der Waals surface area contributed by atoms with Crippen molar-refractivity contribution >= 4 is 0 Å². The van der Waals surface area contributed by atoms with E-state index in [1.165, 1.54) is 16.8 Å². The molecule has 1 unspecified atom stereocenters. The maximum atomic E-state index is 4.49. The van der Waals surface area contributed by atoms with E-state index in [0.29, 0.717) is 5.92 Å². The van der Waals surface area contributed by atoms with Crippen LogP contribution in [0.2, 0.25) is 0 Å². The minimum Gasteiger partial charge on any atom is -0.272 e. The SMILES string of the molecule is Cc1nn(C)c(C)c1CC(C)c1cn(Cc2ccccc2)nn1. The van der Waals surface area contributed by atoms with Gasteiger partial charge in [-0.3, -0.25) is 4.68 Å². The van der Waals surface area contributed by atoms with Crippen LogP contribution in [0.15, 0.2) is 36.5 Å². The molecule has 3 aromatic rings. The number of benzene rings is 1. The quantitative estimate of drug-likeness (QED) is 0.728. The first-order valence-electron chi connectivity index (χ1n) is 7.97. The molecule has 5 nitrogen and oxygen atoms in total. The molecule has 0 fully saturated rings. The van der Waals surface area contributed by atoms with Crippen LogP contribution in [0, 0.1) is 13.8 Å². The fourth-order valence-electron chi connectivity index (χ4n) is 2.91. The van der Waals surface area contributed by atoms with Crippen LogP contribution in [0.4, 0.5) is 0 Å². The summed E-state index contributed by atoms with van der Waals surface area (Å²) in [6, 6.07) is 10.3. The lowest BCUT2D eigenvalue weighted by molar-refractivity contribution is 0.647. The second kappa shape index (κ2) is 6.36. The van der Waals surface area contributed by atoms with Gasteiger partial charge in [0.05, 0.1) is 17.9 Å². The maximum Gasteiger partial charge on any atom is 0.0858 e. The fraction of sp³-hybridized carbons (Fsp3) is 0.389. The van der Waals surface area contributed by atoms with Crippen LogP contribution in [0.3, 0.4) is 0 Å². The Morgan fingerprint density at radius 3 is 2.52 bits per heavy atom. The van der Waals surface area contributed by atoms with Gasteiger partial charge in [0.15, 0.2) is 0 Å². The summed E-state index contributed by atoms with van der Waals surface area (Å²) in [7, 11) is 1.99. The van der Waals surface area contributed by atoms with Gasteiger partial charge in [-0.2, -0.15) is 5.10 Å². The van der Waals surface area contributed by atoms with E-state index in [1.54, 1.807) is 0 Å². The van der Waals surface area contributed by atoms with Gasteiger partial charge in [-0.05, 0) is 31.4 Å². The lowest BCUT2D eigenvalue weighted by Gasteiger charge is -2.08. The van der Waals surface area contributed by atoms with Crippen molar-refractivity contribution in [2.24, 2.45) is 7.05 Å². The van der Waals surface area contributed by atoms with Crippen LogP contribution in [-0.2, 0) is 20.0 Å². The van der Waals surface area contributed by atoms with Crippen molar-refractivity contribution in [1.82, 2.24) is 24.8 Å². The van der Waals surface area contributed by atoms with Crippen molar-refractivity contribution in [2.75, 3.05) is 0 Å². The molecule has 0 aliphatic heterocycles. The molecule has 0 spiro atoms. The number of rotatable bonds is 5. The standard InChI is InChI=1S/C18H23N5/c1-13(10-17-14(2)20-22(4)15(17)3)18-12-23(21-19-18)11-16-8-6-5-7-9-16/h5-9,12-13H,10-11H2,1-4H3. The highest BCUT2D eigenvalue weighted by molar-refractivity contribution is 5.26. The molecule has 0 bridgehead atoms. The predicted molar refractivity (Wildman–Crippen MR) is 90.4 cm³/mol. The van der Waals surface area contributed by atoms with Crippen molar-refractivity contribution in [1.29, 1.82) is 0 Å². The number of aryl methyl sites for hydroxylation is 2. The van der Waals surface area contributed by atoms with Gasteiger partial charge in [-0.15, -0.1) is 5.10 Å². The molecule has 0 aliphatic carbocycles. The van der Waals surface area contributed by atoms with E-state index in [1.807, 2.05) is 34.6 Å². The largest absolute Gasteiger partial charge is 0.272 e. The Hall–Kier alpha value is -2.43. The smallest absolute Gasteiger partial charge is 0.0858 e. The molecule has 1 aromatic carbocycles. The zero-order valence-corrected chi connectivity index (χ0v) is 14.2. The summed E-state index contributed by atoms with van der Waals surface area (Å²) in [5, 5.41) is 13.1. The molecular weight excluding hydrogens is 286 g/mol. The third-order valence-electron chi connectivity index (χ3n) is 4.42. The molecule has 5 heteroatoms. The Kier molecular flexibility index (Phi) is 4.28. The zero-order chi connectivity index (χ0) is 16.4. The number of aromatic nitrogens is 5. The van der Waals surface area contributed by atoms with Crippen LogP contribution in [0.25, 0.3) is 0 Å². The van der Waals surface area contributed by atoms with E-state index in [9.17, 15) is 0 Å². The first-order valence-corrected chi connectivity index (χ1v) is 7.97. The molecule has 0 amide bonds. The van der Waals surface area contributed by atoms with Crippen LogP contribution < -0.4 is 0 Å². The molecule has 3 rings (SSSR count). The van der Waals surface area contributed by atoms with Gasteiger partial charge in [-0.1, -0.05) is 42.5 Å². The van der Waals surface area contributed by atoms with Gasteiger partial charge < -0.3 is 0 Å². The average molecular weight is 309 g/mol. The molecular formula is C18H23N5. The van der Waals surface area contributed by atoms with Crippen molar-refractivity contribution in [3.8, 4) is 0 Å². The molecule has 1 atom stereocenters. The summed E-state index contributed by atoms with van der Waals surface area (Å²) < 4.78 is 3.85. The Morgan fingerprint density at radius 1 is 1.13 bits per heavy atom. The molecule has 23 heavy (non-hydrogen) atoms. The van der Waals surface area contributed by atoms with Crippen LogP contribution in [0.1, 0.15) is 41.1 Å². The fourth-order valence-corrected chi connectivity index (χ4v) is 2.91. The number of hydrogen-bond donors (Lipinski definition) is 0. The summed E-state index contributed by atoms with van der Waals surface area (Å²) >= 11 is 0. The van der Waals surface area contributed by atoms with Gasteiger partial charge >= 0.3 is 0 Å². The highest BCUT2D eigenvalue weighted by Gasteiger charge is 2.16. The van der Waals surface area contributed by atoms with Crippen molar-refractivity contribution < 1.29 is 0 Å². The lowest BCUT2D eigenvalue weighted by Crippen LogP contribution is -2.02. The van der Waals surface area contributed by atoms with E-state index >= 15 is 0 Å². The molecule has 0 radical (unpaired) electrons. The van der Waals surface area contributed by atoms with E-state index in [0.717, 1.165) is 24.4 Å². The molecule has 0 saturated heterocycles. The minimum absolute atomic E-state index is 0.320. The van der Waals surface area contributed by atoms with Gasteiger partial charge in [0.2, 0.25) is 0 Å². The van der Waals surface area contributed by atoms with Crippen LogP contribution in [-0.4, -0.2) is 24.8 Å². The summed E-state index contributed by atoms with van der Waals surface area (Å²) in [4.78, 5) is 0. The Balaban J connectivity index is 1.72.